The molecule has 0 aliphatic carbocycles. The number of aromatic nitrogens is 4. The number of nitrogens with one attached hydrogen (secondary N) is 3. The number of aromatic amines is 1. The number of amides is 1. The van der Waals surface area contributed by atoms with Gasteiger partial charge in [0.15, 0.2) is 17.5 Å². The number of fused-ring (bicyclic) bond motifs is 1. The molecular formula is C15H22ClFN6O2. The SMILES string of the molecule is CNC(=O)[C@H](CO)Nc1nc(-c2c[nH]c3ncc(Cl)cc23)ncc1F.[HH].[HH].[HH].[HH]. The molecule has 25 heavy (non-hydrogen) atoms. The molecule has 0 fully saturated rings. The first kappa shape index (κ1) is 17.1. The fourth-order valence-electron chi connectivity index (χ4n) is 2.29. The first-order chi connectivity index (χ1) is 12.0. The van der Waals surface area contributed by atoms with Crippen LogP contribution in [0.5, 0.6) is 0 Å². The van der Waals surface area contributed by atoms with Crippen molar-refractivity contribution in [2.75, 3.05) is 19.0 Å². The van der Waals surface area contributed by atoms with Gasteiger partial charge in [-0.15, -0.1) is 0 Å². The highest BCUT2D eigenvalue weighted by atomic mass is 35.5. The number of halogens is 2. The minimum atomic E-state index is -1.04. The van der Waals surface area contributed by atoms with Gasteiger partial charge in [0.1, 0.15) is 11.7 Å². The summed E-state index contributed by atoms with van der Waals surface area (Å²) in [5, 5.41) is 15.3. The molecule has 3 aromatic rings. The minimum absolute atomic E-state index is 0. The van der Waals surface area contributed by atoms with Crippen molar-refractivity contribution < 1.29 is 20.0 Å². The Kier molecular flexibility index (Phi) is 4.77. The number of aliphatic hydroxyl groups is 1. The fraction of sp³-hybridized carbons (Fsp3) is 0.200. The van der Waals surface area contributed by atoms with Crippen LogP contribution in [-0.4, -0.2) is 50.6 Å². The van der Waals surface area contributed by atoms with Gasteiger partial charge in [0, 0.05) is 36.1 Å². The smallest absolute Gasteiger partial charge is 0.244 e. The Hall–Kier alpha value is -2.78. The van der Waals surface area contributed by atoms with Crippen LogP contribution in [0.2, 0.25) is 5.02 Å². The second-order valence-corrected chi connectivity index (χ2v) is 5.57. The van der Waals surface area contributed by atoms with Gasteiger partial charge in [-0.2, -0.15) is 0 Å². The third kappa shape index (κ3) is 3.37. The maximum absolute atomic E-state index is 14.0. The lowest BCUT2D eigenvalue weighted by molar-refractivity contribution is -0.122. The van der Waals surface area contributed by atoms with Gasteiger partial charge in [0.05, 0.1) is 17.8 Å². The molecule has 3 aromatic heterocycles. The molecule has 0 saturated carbocycles. The number of carbonyl (C=O) groups is 1. The average molecular weight is 373 g/mol. The summed E-state index contributed by atoms with van der Waals surface area (Å²) in [4.78, 5) is 26.9. The molecule has 0 radical (unpaired) electrons. The fourth-order valence-corrected chi connectivity index (χ4v) is 2.45. The van der Waals surface area contributed by atoms with Crippen molar-refractivity contribution in [1.82, 2.24) is 25.3 Å². The van der Waals surface area contributed by atoms with E-state index in [1.807, 2.05) is 0 Å². The molecule has 0 aromatic carbocycles. The van der Waals surface area contributed by atoms with Crippen molar-refractivity contribution in [2.24, 2.45) is 0 Å². The first-order valence-corrected chi connectivity index (χ1v) is 7.65. The van der Waals surface area contributed by atoms with Crippen molar-refractivity contribution in [3.8, 4) is 11.4 Å². The number of rotatable bonds is 5. The number of nitrogens with zero attached hydrogens (tertiary/aromatic N) is 3. The maximum atomic E-state index is 14.0. The molecule has 1 amide bonds. The molecule has 138 valence electrons. The van der Waals surface area contributed by atoms with E-state index < -0.39 is 24.4 Å². The number of hydrogen-bond acceptors (Lipinski definition) is 6. The molecule has 4 N–H and O–H groups in total. The van der Waals surface area contributed by atoms with E-state index in [4.69, 9.17) is 11.6 Å². The third-order valence-electron chi connectivity index (χ3n) is 3.54. The number of anilines is 1. The van der Waals surface area contributed by atoms with E-state index >= 15 is 0 Å². The standard InChI is InChI=1S/C15H14ClFN6O2.4H2/c1-18-15(25)11(6-24)22-14-10(17)5-21-13(23-14)9-4-20-12-8(9)2-7(16)3-19-12;;;;/h2-5,11,24H,6H2,1H3,(H,18,25)(H,19,20)(H,21,22,23);4*1H/t11-;;;;/m0..../s1. The second kappa shape index (κ2) is 6.99. The summed E-state index contributed by atoms with van der Waals surface area (Å²) in [6, 6.07) is 0.651. The van der Waals surface area contributed by atoms with Crippen molar-refractivity contribution in [3.05, 3.63) is 35.5 Å². The summed E-state index contributed by atoms with van der Waals surface area (Å²) in [5.41, 5.74) is 1.16. The van der Waals surface area contributed by atoms with Gasteiger partial charge in [-0.1, -0.05) is 11.6 Å². The zero-order chi connectivity index (χ0) is 18.0. The molecule has 1 atom stereocenters. The van der Waals surface area contributed by atoms with E-state index in [1.54, 1.807) is 12.3 Å². The Balaban J connectivity index is 0. The van der Waals surface area contributed by atoms with Crippen molar-refractivity contribution >= 4 is 34.4 Å². The topological polar surface area (TPSA) is 116 Å². The lowest BCUT2D eigenvalue weighted by atomic mass is 10.2. The van der Waals surface area contributed by atoms with Crippen LogP contribution in [0.15, 0.2) is 24.7 Å². The van der Waals surface area contributed by atoms with Gasteiger partial charge in [0.2, 0.25) is 5.91 Å². The van der Waals surface area contributed by atoms with Crippen LogP contribution >= 0.6 is 11.6 Å². The summed E-state index contributed by atoms with van der Waals surface area (Å²) in [5.74, 6) is -1.22. The lowest BCUT2D eigenvalue weighted by Crippen LogP contribution is -2.40. The number of likely N-dealkylation sites (N-methyl/N-ethyl adjacent to an activating group) is 1. The van der Waals surface area contributed by atoms with Crippen LogP contribution < -0.4 is 10.6 Å². The second-order valence-electron chi connectivity index (χ2n) is 5.14. The molecule has 0 spiro atoms. The molecule has 0 unspecified atom stereocenters. The van der Waals surface area contributed by atoms with E-state index in [9.17, 15) is 14.3 Å². The zero-order valence-electron chi connectivity index (χ0n) is 13.0. The Morgan fingerprint density at radius 1 is 1.48 bits per heavy atom. The Labute approximate surface area is 152 Å². The number of pyridine rings is 1. The van der Waals surface area contributed by atoms with E-state index in [0.29, 0.717) is 21.6 Å². The number of H-pyrrole nitrogens is 1. The average Bonchev–Trinajstić information content (AvgIpc) is 3.03. The van der Waals surface area contributed by atoms with Gasteiger partial charge in [-0.3, -0.25) is 4.79 Å². The predicted octanol–water partition coefficient (Wildman–Crippen LogP) is 2.32. The molecule has 0 aliphatic heterocycles. The molecular weight excluding hydrogens is 351 g/mol. The predicted molar refractivity (Wildman–Crippen MR) is 99.1 cm³/mol. The van der Waals surface area contributed by atoms with Crippen LogP contribution in [0.3, 0.4) is 0 Å². The maximum Gasteiger partial charge on any atom is 0.244 e. The van der Waals surface area contributed by atoms with Gasteiger partial charge in [0.25, 0.3) is 0 Å². The molecule has 3 rings (SSSR count). The molecule has 0 aliphatic rings. The van der Waals surface area contributed by atoms with Crippen LogP contribution in [0.4, 0.5) is 10.2 Å². The Morgan fingerprint density at radius 3 is 3.00 bits per heavy atom. The highest BCUT2D eigenvalue weighted by Crippen LogP contribution is 2.28. The highest BCUT2D eigenvalue weighted by Gasteiger charge is 2.20. The Morgan fingerprint density at radius 2 is 2.28 bits per heavy atom. The molecule has 10 heteroatoms. The summed E-state index contributed by atoms with van der Waals surface area (Å²) in [6.45, 7) is -0.523. The van der Waals surface area contributed by atoms with Gasteiger partial charge < -0.3 is 20.7 Å². The highest BCUT2D eigenvalue weighted by molar-refractivity contribution is 6.31. The van der Waals surface area contributed by atoms with Crippen molar-refractivity contribution in [2.45, 2.75) is 6.04 Å². The monoisotopic (exact) mass is 372 g/mol. The lowest BCUT2D eigenvalue weighted by Gasteiger charge is -2.15. The van der Waals surface area contributed by atoms with Crippen LogP contribution in [0.1, 0.15) is 5.71 Å². The van der Waals surface area contributed by atoms with E-state index in [0.717, 1.165) is 6.20 Å². The third-order valence-corrected chi connectivity index (χ3v) is 3.75. The molecule has 3 heterocycles. The Bertz CT molecular complexity index is 948. The van der Waals surface area contributed by atoms with Crippen molar-refractivity contribution in [3.63, 3.8) is 0 Å². The number of hydrogen-bond donors (Lipinski definition) is 4. The largest absolute Gasteiger partial charge is 0.394 e. The van der Waals surface area contributed by atoms with Gasteiger partial charge in [-0.25, -0.2) is 19.3 Å². The van der Waals surface area contributed by atoms with Crippen molar-refractivity contribution in [1.29, 1.82) is 0 Å². The van der Waals surface area contributed by atoms with Crippen LogP contribution in [0.25, 0.3) is 22.4 Å². The molecule has 8 nitrogen and oxygen atoms in total. The summed E-state index contributed by atoms with van der Waals surface area (Å²) in [7, 11) is 1.41. The minimum Gasteiger partial charge on any atom is -0.394 e. The van der Waals surface area contributed by atoms with Crippen LogP contribution in [-0.2, 0) is 4.79 Å². The normalized spacial score (nSPS) is 12.2. The van der Waals surface area contributed by atoms with E-state index in [-0.39, 0.29) is 17.3 Å². The summed E-state index contributed by atoms with van der Waals surface area (Å²) >= 11 is 5.97. The van der Waals surface area contributed by atoms with E-state index in [1.165, 1.54) is 13.2 Å². The molecule has 0 saturated heterocycles. The summed E-state index contributed by atoms with van der Waals surface area (Å²) < 4.78 is 14.0. The number of aliphatic hydroxyl groups excluding tert-OH is 1. The quantitative estimate of drug-likeness (QED) is 0.546. The molecule has 0 bridgehead atoms. The number of carbonyl (C=O) groups excluding carboxylic acids is 1. The zero-order valence-corrected chi connectivity index (χ0v) is 13.8. The first-order valence-electron chi connectivity index (χ1n) is 7.28. The van der Waals surface area contributed by atoms with Crippen LogP contribution in [0, 0.1) is 5.82 Å². The van der Waals surface area contributed by atoms with E-state index in [2.05, 4.69) is 30.6 Å². The summed E-state index contributed by atoms with van der Waals surface area (Å²) in [6.07, 6.45) is 4.12. The van der Waals surface area contributed by atoms with Gasteiger partial charge in [-0.05, 0) is 6.07 Å². The van der Waals surface area contributed by atoms with Gasteiger partial charge >= 0.3 is 0 Å².